The van der Waals surface area contributed by atoms with Crippen molar-refractivity contribution >= 4 is 21.9 Å². The predicted molar refractivity (Wildman–Crippen MR) is 76.1 cm³/mol. The number of nitrogens with zero attached hydrogens (tertiary/aromatic N) is 1. The van der Waals surface area contributed by atoms with E-state index in [1.807, 2.05) is 13.0 Å². The van der Waals surface area contributed by atoms with E-state index < -0.39 is 5.97 Å². The molecule has 1 aromatic rings. The summed E-state index contributed by atoms with van der Waals surface area (Å²) in [6, 6.07) is 4.90. The lowest BCUT2D eigenvalue weighted by atomic mass is 10.0. The molecule has 1 fully saturated rings. The second kappa shape index (κ2) is 6.65. The van der Waals surface area contributed by atoms with E-state index in [1.54, 1.807) is 6.07 Å². The Hall–Kier alpha value is -0.980. The zero-order valence-corrected chi connectivity index (χ0v) is 12.8. The molecule has 2 rings (SSSR count). The van der Waals surface area contributed by atoms with Gasteiger partial charge in [0.15, 0.2) is 0 Å². The van der Waals surface area contributed by atoms with Crippen molar-refractivity contribution < 1.29 is 19.0 Å². The molecule has 0 aromatic heterocycles. The van der Waals surface area contributed by atoms with Crippen LogP contribution in [0.25, 0.3) is 0 Å². The van der Waals surface area contributed by atoms with Crippen molar-refractivity contribution in [1.29, 1.82) is 0 Å². The number of morpholine rings is 1. The molecule has 20 heavy (non-hydrogen) atoms. The lowest BCUT2D eigenvalue weighted by Crippen LogP contribution is -2.44. The lowest BCUT2D eigenvalue weighted by Gasteiger charge is -2.36. The first kappa shape index (κ1) is 15.4. The molecule has 1 saturated heterocycles. The molecule has 1 aromatic carbocycles. The van der Waals surface area contributed by atoms with Gasteiger partial charge in [-0.05, 0) is 19.1 Å². The van der Waals surface area contributed by atoms with Crippen LogP contribution in [0.5, 0.6) is 0 Å². The minimum Gasteiger partial charge on any atom is -0.481 e. The number of ether oxygens (including phenoxy) is 1. The summed E-state index contributed by atoms with van der Waals surface area (Å²) in [4.78, 5) is 12.8. The molecule has 1 aliphatic heterocycles. The second-order valence-electron chi connectivity index (χ2n) is 4.93. The molecule has 4 nitrogen and oxygen atoms in total. The summed E-state index contributed by atoms with van der Waals surface area (Å²) in [7, 11) is 0. The average molecular weight is 346 g/mol. The monoisotopic (exact) mass is 345 g/mol. The van der Waals surface area contributed by atoms with E-state index in [0.717, 1.165) is 0 Å². The summed E-state index contributed by atoms with van der Waals surface area (Å²) in [5, 5.41) is 8.82. The Labute approximate surface area is 125 Å². The van der Waals surface area contributed by atoms with Crippen molar-refractivity contribution in [3.63, 3.8) is 0 Å². The molecule has 1 aliphatic rings. The van der Waals surface area contributed by atoms with Gasteiger partial charge in [0.2, 0.25) is 0 Å². The molecular weight excluding hydrogens is 329 g/mol. The summed E-state index contributed by atoms with van der Waals surface area (Å²) in [5.74, 6) is -1.13. The maximum absolute atomic E-state index is 14.0. The van der Waals surface area contributed by atoms with Crippen LogP contribution in [0.1, 0.15) is 24.9 Å². The van der Waals surface area contributed by atoms with Crippen molar-refractivity contribution in [2.45, 2.75) is 25.5 Å². The fourth-order valence-electron chi connectivity index (χ4n) is 2.45. The standard InChI is InChI=1S/C14H17BrFNO3/c1-9(12-3-2-10(15)6-13(12)16)17-4-5-20-11(8-17)7-14(18)19/h2-3,6,9,11H,4-5,7-8H2,1H3,(H,18,19). The van der Waals surface area contributed by atoms with Crippen LogP contribution in [0.3, 0.4) is 0 Å². The zero-order valence-electron chi connectivity index (χ0n) is 11.2. The molecule has 0 bridgehead atoms. The number of aliphatic carboxylic acids is 1. The molecule has 1 N–H and O–H groups in total. The van der Waals surface area contributed by atoms with E-state index >= 15 is 0 Å². The van der Waals surface area contributed by atoms with Gasteiger partial charge in [-0.15, -0.1) is 0 Å². The Bertz CT molecular complexity index is 497. The second-order valence-corrected chi connectivity index (χ2v) is 5.84. The van der Waals surface area contributed by atoms with Gasteiger partial charge in [0.25, 0.3) is 0 Å². The Balaban J connectivity index is 2.08. The molecule has 0 radical (unpaired) electrons. The third kappa shape index (κ3) is 3.77. The molecule has 2 atom stereocenters. The van der Waals surface area contributed by atoms with E-state index in [1.165, 1.54) is 6.07 Å². The average Bonchev–Trinajstić information content (AvgIpc) is 2.37. The third-order valence-corrected chi connectivity index (χ3v) is 4.03. The van der Waals surface area contributed by atoms with E-state index in [4.69, 9.17) is 9.84 Å². The molecule has 0 amide bonds. The summed E-state index contributed by atoms with van der Waals surface area (Å²) >= 11 is 3.24. The zero-order chi connectivity index (χ0) is 14.7. The predicted octanol–water partition coefficient (Wildman–Crippen LogP) is 2.82. The van der Waals surface area contributed by atoms with Crippen molar-refractivity contribution in [3.8, 4) is 0 Å². The number of carboxylic acid groups (broad SMARTS) is 1. The summed E-state index contributed by atoms with van der Waals surface area (Å²) in [6.07, 6.45) is -0.353. The fraction of sp³-hybridized carbons (Fsp3) is 0.500. The molecule has 0 spiro atoms. The summed E-state index contributed by atoms with van der Waals surface area (Å²) in [6.45, 7) is 3.58. The number of carboxylic acids is 1. The van der Waals surface area contributed by atoms with Crippen LogP contribution in [0, 0.1) is 5.82 Å². The first-order chi connectivity index (χ1) is 9.47. The van der Waals surface area contributed by atoms with Crippen LogP contribution in [-0.2, 0) is 9.53 Å². The molecular formula is C14H17BrFNO3. The molecule has 1 heterocycles. The van der Waals surface area contributed by atoms with Crippen LogP contribution in [0.2, 0.25) is 0 Å². The van der Waals surface area contributed by atoms with Gasteiger partial charge in [-0.1, -0.05) is 22.0 Å². The van der Waals surface area contributed by atoms with E-state index in [2.05, 4.69) is 20.8 Å². The van der Waals surface area contributed by atoms with Gasteiger partial charge in [-0.2, -0.15) is 0 Å². The number of rotatable bonds is 4. The van der Waals surface area contributed by atoms with Crippen molar-refractivity contribution in [2.24, 2.45) is 0 Å². The third-order valence-electron chi connectivity index (χ3n) is 3.53. The van der Waals surface area contributed by atoms with Gasteiger partial charge in [-0.3, -0.25) is 9.69 Å². The van der Waals surface area contributed by atoms with Gasteiger partial charge in [0.05, 0.1) is 19.1 Å². The Morgan fingerprint density at radius 2 is 2.40 bits per heavy atom. The van der Waals surface area contributed by atoms with E-state index in [0.29, 0.717) is 29.7 Å². The normalized spacial score (nSPS) is 21.6. The minimum atomic E-state index is -0.876. The first-order valence-corrected chi connectivity index (χ1v) is 7.29. The quantitative estimate of drug-likeness (QED) is 0.911. The largest absolute Gasteiger partial charge is 0.481 e. The van der Waals surface area contributed by atoms with Crippen molar-refractivity contribution in [3.05, 3.63) is 34.1 Å². The SMILES string of the molecule is CC(c1ccc(Br)cc1F)N1CCOC(CC(=O)O)C1. The van der Waals surface area contributed by atoms with Crippen LogP contribution in [0.15, 0.2) is 22.7 Å². The molecule has 0 saturated carbocycles. The van der Waals surface area contributed by atoms with Gasteiger partial charge < -0.3 is 9.84 Å². The first-order valence-electron chi connectivity index (χ1n) is 6.49. The highest BCUT2D eigenvalue weighted by atomic mass is 79.9. The van der Waals surface area contributed by atoms with Gasteiger partial charge in [0.1, 0.15) is 5.82 Å². The summed E-state index contributed by atoms with van der Waals surface area (Å²) < 4.78 is 20.1. The number of benzene rings is 1. The molecule has 6 heteroatoms. The lowest BCUT2D eigenvalue weighted by molar-refractivity contribution is -0.142. The molecule has 0 aliphatic carbocycles. The highest BCUT2D eigenvalue weighted by molar-refractivity contribution is 9.10. The van der Waals surface area contributed by atoms with Crippen molar-refractivity contribution in [2.75, 3.05) is 19.7 Å². The van der Waals surface area contributed by atoms with E-state index in [-0.39, 0.29) is 24.4 Å². The topological polar surface area (TPSA) is 49.8 Å². The maximum atomic E-state index is 14.0. The van der Waals surface area contributed by atoms with Crippen LogP contribution < -0.4 is 0 Å². The number of carbonyl (C=O) groups is 1. The van der Waals surface area contributed by atoms with Gasteiger partial charge >= 0.3 is 5.97 Å². The van der Waals surface area contributed by atoms with Crippen LogP contribution >= 0.6 is 15.9 Å². The maximum Gasteiger partial charge on any atom is 0.306 e. The van der Waals surface area contributed by atoms with Crippen LogP contribution in [-0.4, -0.2) is 41.8 Å². The smallest absolute Gasteiger partial charge is 0.306 e. The van der Waals surface area contributed by atoms with Crippen molar-refractivity contribution in [1.82, 2.24) is 4.90 Å². The Morgan fingerprint density at radius 1 is 1.65 bits per heavy atom. The number of hydrogen-bond acceptors (Lipinski definition) is 3. The molecule has 110 valence electrons. The van der Waals surface area contributed by atoms with Crippen LogP contribution in [0.4, 0.5) is 4.39 Å². The highest BCUT2D eigenvalue weighted by Gasteiger charge is 2.27. The number of halogens is 2. The van der Waals surface area contributed by atoms with Gasteiger partial charge in [0, 0.05) is 29.2 Å². The van der Waals surface area contributed by atoms with Gasteiger partial charge in [-0.25, -0.2) is 4.39 Å². The molecule has 2 unspecified atom stereocenters. The number of hydrogen-bond donors (Lipinski definition) is 1. The Morgan fingerprint density at radius 3 is 3.05 bits per heavy atom. The Kier molecular flexibility index (Phi) is 5.12. The highest BCUT2D eigenvalue weighted by Crippen LogP contribution is 2.27. The van der Waals surface area contributed by atoms with E-state index in [9.17, 15) is 9.18 Å². The fourth-order valence-corrected chi connectivity index (χ4v) is 2.78. The minimum absolute atomic E-state index is 0.0218. The summed E-state index contributed by atoms with van der Waals surface area (Å²) in [5.41, 5.74) is 0.615.